The molecule has 0 unspecified atom stereocenters. The second-order valence-corrected chi connectivity index (χ2v) is 7.84. The van der Waals surface area contributed by atoms with Crippen LogP contribution in [-0.4, -0.2) is 51.9 Å². The van der Waals surface area contributed by atoms with Gasteiger partial charge in [-0.15, -0.1) is 0 Å². The number of carboxylic acids is 2. The Morgan fingerprint density at radius 3 is 2.30 bits per heavy atom. The van der Waals surface area contributed by atoms with Gasteiger partial charge in [-0.1, -0.05) is 42.5 Å². The van der Waals surface area contributed by atoms with E-state index in [9.17, 15) is 9.59 Å². The molecule has 0 radical (unpaired) electrons. The third-order valence-corrected chi connectivity index (χ3v) is 5.43. The van der Waals surface area contributed by atoms with Crippen LogP contribution in [0.3, 0.4) is 0 Å². The summed E-state index contributed by atoms with van der Waals surface area (Å²) < 4.78 is 11.1. The van der Waals surface area contributed by atoms with E-state index in [1.54, 1.807) is 0 Å². The second-order valence-electron chi connectivity index (χ2n) is 7.84. The Hall–Kier alpha value is -3.65. The lowest BCUT2D eigenvalue weighted by Gasteiger charge is -2.31. The summed E-state index contributed by atoms with van der Waals surface area (Å²) in [7, 11) is 0. The van der Waals surface area contributed by atoms with E-state index in [0.29, 0.717) is 24.6 Å². The highest BCUT2D eigenvalue weighted by atomic mass is 16.5. The van der Waals surface area contributed by atoms with Crippen molar-refractivity contribution in [2.75, 3.05) is 19.7 Å². The van der Waals surface area contributed by atoms with Gasteiger partial charge in [-0.25, -0.2) is 9.59 Å². The minimum atomic E-state index is -1.26. The lowest BCUT2D eigenvalue weighted by Crippen LogP contribution is -2.33. The van der Waals surface area contributed by atoms with Crippen LogP contribution in [0.15, 0.2) is 71.3 Å². The highest BCUT2D eigenvalue weighted by Crippen LogP contribution is 2.26. The molecule has 0 atom stereocenters. The predicted octanol–water partition coefficient (Wildman–Crippen LogP) is 4.22. The first-order valence-electron chi connectivity index (χ1n) is 10.9. The molecule has 33 heavy (non-hydrogen) atoms. The molecular weight excluding hydrogens is 424 g/mol. The number of para-hydroxylation sites is 1. The van der Waals surface area contributed by atoms with E-state index >= 15 is 0 Å². The maximum Gasteiger partial charge on any atom is 0.328 e. The first-order chi connectivity index (χ1) is 16.0. The summed E-state index contributed by atoms with van der Waals surface area (Å²) in [5, 5.41) is 20.6. The normalized spacial score (nSPS) is 14.7. The molecule has 4 rings (SSSR count). The van der Waals surface area contributed by atoms with E-state index < -0.39 is 11.9 Å². The Balaban J connectivity index is 0.000000331. The van der Waals surface area contributed by atoms with Crippen LogP contribution in [0, 0.1) is 5.92 Å². The predicted molar refractivity (Wildman–Crippen MR) is 123 cm³/mol. The van der Waals surface area contributed by atoms with E-state index in [-0.39, 0.29) is 0 Å². The van der Waals surface area contributed by atoms with Crippen LogP contribution < -0.4 is 4.74 Å². The summed E-state index contributed by atoms with van der Waals surface area (Å²) >= 11 is 0. The molecule has 1 aromatic heterocycles. The maximum absolute atomic E-state index is 9.55. The zero-order valence-corrected chi connectivity index (χ0v) is 18.3. The van der Waals surface area contributed by atoms with Crippen molar-refractivity contribution in [2.45, 2.75) is 25.8 Å². The zero-order valence-electron chi connectivity index (χ0n) is 18.3. The number of nitrogens with zero attached hydrogens (tertiary/aromatic N) is 2. The summed E-state index contributed by atoms with van der Waals surface area (Å²) in [5.74, 6) is -1.15. The Kier molecular flexibility index (Phi) is 9.02. The SMILES string of the molecule is O=C(O)C=CC(=O)O.c1ccc(CN2CCC(CCOc3noc4ccccc34)CC2)cc1. The van der Waals surface area contributed by atoms with Crippen LogP contribution in [0.4, 0.5) is 0 Å². The Labute approximate surface area is 192 Å². The van der Waals surface area contributed by atoms with Gasteiger partial charge in [0.15, 0.2) is 5.58 Å². The molecule has 1 fully saturated rings. The fourth-order valence-electron chi connectivity index (χ4n) is 3.71. The molecule has 174 valence electrons. The molecule has 0 bridgehead atoms. The summed E-state index contributed by atoms with van der Waals surface area (Å²) in [6.45, 7) is 4.12. The van der Waals surface area contributed by atoms with Crippen molar-refractivity contribution in [2.24, 2.45) is 5.92 Å². The fraction of sp³-hybridized carbons (Fsp3) is 0.320. The van der Waals surface area contributed by atoms with E-state index in [4.69, 9.17) is 19.5 Å². The van der Waals surface area contributed by atoms with Crippen LogP contribution in [0.2, 0.25) is 0 Å². The van der Waals surface area contributed by atoms with E-state index in [0.717, 1.165) is 29.9 Å². The smallest absolute Gasteiger partial charge is 0.328 e. The number of carbonyl (C=O) groups is 2. The Bertz CT molecular complexity index is 1040. The number of benzene rings is 2. The number of fused-ring (bicyclic) bond motifs is 1. The van der Waals surface area contributed by atoms with Gasteiger partial charge in [0.1, 0.15) is 0 Å². The highest BCUT2D eigenvalue weighted by Gasteiger charge is 2.19. The minimum absolute atomic E-state index is 0.558. The van der Waals surface area contributed by atoms with Crippen molar-refractivity contribution >= 4 is 22.9 Å². The summed E-state index contributed by atoms with van der Waals surface area (Å²) in [6, 6.07) is 18.6. The minimum Gasteiger partial charge on any atom is -0.478 e. The number of aliphatic carboxylic acids is 2. The molecule has 2 N–H and O–H groups in total. The molecule has 8 nitrogen and oxygen atoms in total. The Morgan fingerprint density at radius 1 is 1.00 bits per heavy atom. The summed E-state index contributed by atoms with van der Waals surface area (Å²) in [5.41, 5.74) is 2.19. The van der Waals surface area contributed by atoms with Gasteiger partial charge in [-0.3, -0.25) is 4.90 Å². The van der Waals surface area contributed by atoms with E-state index in [1.165, 1.54) is 31.5 Å². The van der Waals surface area contributed by atoms with Gasteiger partial charge in [0.05, 0.1) is 12.0 Å². The number of piperidine rings is 1. The number of hydrogen-bond donors (Lipinski definition) is 2. The number of ether oxygens (including phenoxy) is 1. The molecular formula is C25H28N2O6. The molecule has 8 heteroatoms. The first kappa shape index (κ1) is 24.0. The highest BCUT2D eigenvalue weighted by molar-refractivity contribution is 5.89. The monoisotopic (exact) mass is 452 g/mol. The quantitative estimate of drug-likeness (QED) is 0.489. The van der Waals surface area contributed by atoms with Crippen molar-refractivity contribution in [1.29, 1.82) is 0 Å². The van der Waals surface area contributed by atoms with Crippen LogP contribution in [-0.2, 0) is 16.1 Å². The Morgan fingerprint density at radius 2 is 1.64 bits per heavy atom. The molecule has 0 spiro atoms. The third-order valence-electron chi connectivity index (χ3n) is 5.43. The molecule has 1 aliphatic rings. The molecule has 0 saturated carbocycles. The van der Waals surface area contributed by atoms with Crippen LogP contribution in [0.5, 0.6) is 5.88 Å². The van der Waals surface area contributed by atoms with E-state index in [2.05, 4.69) is 40.4 Å². The number of aromatic nitrogens is 1. The van der Waals surface area contributed by atoms with E-state index in [1.807, 2.05) is 24.3 Å². The second kappa shape index (κ2) is 12.4. The average Bonchev–Trinajstić information content (AvgIpc) is 3.23. The number of rotatable bonds is 8. The molecule has 1 aliphatic heterocycles. The number of hydrogen-bond acceptors (Lipinski definition) is 6. The first-order valence-corrected chi connectivity index (χ1v) is 10.9. The number of carboxylic acid groups (broad SMARTS) is 2. The summed E-state index contributed by atoms with van der Waals surface area (Å²) in [4.78, 5) is 21.7. The molecule has 2 heterocycles. The largest absolute Gasteiger partial charge is 0.478 e. The van der Waals surface area contributed by atoms with Crippen molar-refractivity contribution in [1.82, 2.24) is 10.1 Å². The van der Waals surface area contributed by atoms with Crippen molar-refractivity contribution in [3.8, 4) is 5.88 Å². The zero-order chi connectivity index (χ0) is 23.5. The van der Waals surface area contributed by atoms with Gasteiger partial charge >= 0.3 is 11.9 Å². The molecule has 2 aromatic carbocycles. The van der Waals surface area contributed by atoms with Gasteiger partial charge in [0.2, 0.25) is 0 Å². The van der Waals surface area contributed by atoms with Gasteiger partial charge in [-0.05, 0) is 61.1 Å². The maximum atomic E-state index is 9.55. The lowest BCUT2D eigenvalue weighted by atomic mass is 9.93. The number of likely N-dealkylation sites (tertiary alicyclic amines) is 1. The van der Waals surface area contributed by atoms with Crippen LogP contribution in [0.25, 0.3) is 11.0 Å². The van der Waals surface area contributed by atoms with Gasteiger partial charge in [0.25, 0.3) is 5.88 Å². The molecule has 0 amide bonds. The fourth-order valence-corrected chi connectivity index (χ4v) is 3.71. The average molecular weight is 453 g/mol. The summed E-state index contributed by atoms with van der Waals surface area (Å²) in [6.07, 6.45) is 4.69. The van der Waals surface area contributed by atoms with Gasteiger partial charge in [0, 0.05) is 18.7 Å². The molecule has 0 aliphatic carbocycles. The molecule has 3 aromatic rings. The lowest BCUT2D eigenvalue weighted by molar-refractivity contribution is -0.134. The van der Waals surface area contributed by atoms with Gasteiger partial charge < -0.3 is 19.5 Å². The van der Waals surface area contributed by atoms with Gasteiger partial charge in [-0.2, -0.15) is 0 Å². The topological polar surface area (TPSA) is 113 Å². The van der Waals surface area contributed by atoms with Crippen molar-refractivity contribution in [3.05, 3.63) is 72.3 Å². The van der Waals surface area contributed by atoms with Crippen molar-refractivity contribution < 1.29 is 29.1 Å². The van der Waals surface area contributed by atoms with Crippen LogP contribution in [0.1, 0.15) is 24.8 Å². The van der Waals surface area contributed by atoms with Crippen LogP contribution >= 0.6 is 0 Å². The third kappa shape index (κ3) is 8.08. The molecule has 1 saturated heterocycles. The van der Waals surface area contributed by atoms with Crippen molar-refractivity contribution in [3.63, 3.8) is 0 Å². The standard InChI is InChI=1S/C21H24N2O2.C4H4O4/c1-2-6-18(7-3-1)16-23-13-10-17(11-14-23)12-15-24-21-19-8-4-5-9-20(19)25-22-21;5-3(6)1-2-4(7)8/h1-9,17H,10-16H2;1-2H,(H,5,6)(H,7,8).